The van der Waals surface area contributed by atoms with Crippen molar-refractivity contribution >= 4 is 28.6 Å². The SMILES string of the molecule is CCN(C(=O)Cc1cccs1)c1cccc(N)c1. The van der Waals surface area contributed by atoms with Crippen molar-refractivity contribution in [3.8, 4) is 0 Å². The number of likely N-dealkylation sites (N-methyl/N-ethyl adjacent to an activating group) is 1. The summed E-state index contributed by atoms with van der Waals surface area (Å²) in [6.45, 7) is 2.61. The standard InChI is InChI=1S/C14H16N2OS/c1-2-16(12-6-3-5-11(15)9-12)14(17)10-13-7-4-8-18-13/h3-9H,2,10,15H2,1H3. The minimum atomic E-state index is 0.102. The molecular formula is C14H16N2OS. The van der Waals surface area contributed by atoms with Gasteiger partial charge in [0.05, 0.1) is 6.42 Å². The number of amides is 1. The van der Waals surface area contributed by atoms with Crippen molar-refractivity contribution in [2.75, 3.05) is 17.2 Å². The molecule has 2 rings (SSSR count). The fourth-order valence-corrected chi connectivity index (χ4v) is 2.55. The van der Waals surface area contributed by atoms with Gasteiger partial charge in [-0.15, -0.1) is 11.3 Å². The van der Waals surface area contributed by atoms with E-state index in [0.717, 1.165) is 10.6 Å². The molecule has 0 fully saturated rings. The zero-order valence-corrected chi connectivity index (χ0v) is 11.1. The molecule has 2 aromatic rings. The van der Waals surface area contributed by atoms with E-state index in [4.69, 9.17) is 5.73 Å². The van der Waals surface area contributed by atoms with Gasteiger partial charge in [-0.05, 0) is 36.6 Å². The highest BCUT2D eigenvalue weighted by atomic mass is 32.1. The Morgan fingerprint density at radius 3 is 2.78 bits per heavy atom. The summed E-state index contributed by atoms with van der Waals surface area (Å²) in [4.78, 5) is 15.1. The van der Waals surface area contributed by atoms with Crippen molar-refractivity contribution in [2.24, 2.45) is 0 Å². The first-order valence-electron chi connectivity index (χ1n) is 5.89. The Kier molecular flexibility index (Phi) is 3.99. The molecule has 0 atom stereocenters. The summed E-state index contributed by atoms with van der Waals surface area (Å²) in [6, 6.07) is 11.4. The molecule has 1 aromatic carbocycles. The normalized spacial score (nSPS) is 10.3. The number of hydrogen-bond acceptors (Lipinski definition) is 3. The van der Waals surface area contributed by atoms with Crippen LogP contribution in [0.1, 0.15) is 11.8 Å². The largest absolute Gasteiger partial charge is 0.399 e. The molecule has 0 aliphatic heterocycles. The van der Waals surface area contributed by atoms with Crippen LogP contribution in [0.15, 0.2) is 41.8 Å². The van der Waals surface area contributed by atoms with E-state index in [1.54, 1.807) is 16.2 Å². The zero-order valence-electron chi connectivity index (χ0n) is 10.3. The van der Waals surface area contributed by atoms with Gasteiger partial charge in [-0.25, -0.2) is 0 Å². The third-order valence-electron chi connectivity index (χ3n) is 2.70. The highest BCUT2D eigenvalue weighted by Crippen LogP contribution is 2.19. The highest BCUT2D eigenvalue weighted by Gasteiger charge is 2.14. The van der Waals surface area contributed by atoms with Gasteiger partial charge in [0.2, 0.25) is 5.91 Å². The Morgan fingerprint density at radius 1 is 1.33 bits per heavy atom. The molecule has 0 radical (unpaired) electrons. The third kappa shape index (κ3) is 2.90. The number of anilines is 2. The smallest absolute Gasteiger partial charge is 0.232 e. The van der Waals surface area contributed by atoms with E-state index < -0.39 is 0 Å². The number of carbonyl (C=O) groups excluding carboxylic acids is 1. The van der Waals surface area contributed by atoms with Crippen molar-refractivity contribution in [1.82, 2.24) is 0 Å². The predicted octanol–water partition coefficient (Wildman–Crippen LogP) is 2.93. The van der Waals surface area contributed by atoms with Crippen LogP contribution in [0.4, 0.5) is 11.4 Å². The quantitative estimate of drug-likeness (QED) is 0.859. The van der Waals surface area contributed by atoms with Crippen LogP contribution < -0.4 is 10.6 Å². The molecule has 0 saturated heterocycles. The topological polar surface area (TPSA) is 46.3 Å². The minimum Gasteiger partial charge on any atom is -0.399 e. The van der Waals surface area contributed by atoms with Crippen LogP contribution in [0.2, 0.25) is 0 Å². The highest BCUT2D eigenvalue weighted by molar-refractivity contribution is 7.10. The summed E-state index contributed by atoms with van der Waals surface area (Å²) in [7, 11) is 0. The van der Waals surface area contributed by atoms with Gasteiger partial charge in [0, 0.05) is 22.8 Å². The number of nitrogens with zero attached hydrogens (tertiary/aromatic N) is 1. The molecule has 3 nitrogen and oxygen atoms in total. The Hall–Kier alpha value is -1.81. The Morgan fingerprint density at radius 2 is 2.17 bits per heavy atom. The maximum atomic E-state index is 12.2. The summed E-state index contributed by atoms with van der Waals surface area (Å²) >= 11 is 1.61. The lowest BCUT2D eigenvalue weighted by atomic mass is 10.2. The van der Waals surface area contributed by atoms with E-state index in [2.05, 4.69) is 0 Å². The Bertz CT molecular complexity index is 522. The van der Waals surface area contributed by atoms with Crippen LogP contribution in [-0.2, 0) is 11.2 Å². The number of nitrogens with two attached hydrogens (primary N) is 1. The van der Waals surface area contributed by atoms with E-state index in [1.165, 1.54) is 0 Å². The van der Waals surface area contributed by atoms with E-state index in [-0.39, 0.29) is 5.91 Å². The van der Waals surface area contributed by atoms with E-state index >= 15 is 0 Å². The van der Waals surface area contributed by atoms with Crippen molar-refractivity contribution in [1.29, 1.82) is 0 Å². The average Bonchev–Trinajstić information content (AvgIpc) is 2.83. The number of thiophene rings is 1. The fourth-order valence-electron chi connectivity index (χ4n) is 1.85. The molecule has 0 unspecified atom stereocenters. The van der Waals surface area contributed by atoms with Crippen LogP contribution in [0.25, 0.3) is 0 Å². The second-order valence-electron chi connectivity index (χ2n) is 3.99. The monoisotopic (exact) mass is 260 g/mol. The van der Waals surface area contributed by atoms with Crippen LogP contribution in [0.3, 0.4) is 0 Å². The lowest BCUT2D eigenvalue weighted by molar-refractivity contribution is -0.117. The maximum absolute atomic E-state index is 12.2. The third-order valence-corrected chi connectivity index (χ3v) is 3.58. The molecule has 2 N–H and O–H groups in total. The first kappa shape index (κ1) is 12.6. The molecule has 0 aliphatic rings. The Balaban J connectivity index is 2.15. The summed E-state index contributed by atoms with van der Waals surface area (Å²) < 4.78 is 0. The van der Waals surface area contributed by atoms with Gasteiger partial charge in [0.1, 0.15) is 0 Å². The molecule has 0 bridgehead atoms. The van der Waals surface area contributed by atoms with Crippen molar-refractivity contribution in [3.63, 3.8) is 0 Å². The van der Waals surface area contributed by atoms with Gasteiger partial charge < -0.3 is 10.6 Å². The lowest BCUT2D eigenvalue weighted by Gasteiger charge is -2.21. The second-order valence-corrected chi connectivity index (χ2v) is 5.02. The Labute approximate surface area is 111 Å². The van der Waals surface area contributed by atoms with Gasteiger partial charge in [0.15, 0.2) is 0 Å². The molecule has 18 heavy (non-hydrogen) atoms. The van der Waals surface area contributed by atoms with Crippen LogP contribution in [-0.4, -0.2) is 12.5 Å². The van der Waals surface area contributed by atoms with Gasteiger partial charge in [-0.2, -0.15) is 0 Å². The summed E-state index contributed by atoms with van der Waals surface area (Å²) in [5, 5.41) is 1.99. The van der Waals surface area contributed by atoms with Gasteiger partial charge in [0.25, 0.3) is 0 Å². The molecule has 0 aliphatic carbocycles. The second kappa shape index (κ2) is 5.69. The molecule has 1 aromatic heterocycles. The fraction of sp³-hybridized carbons (Fsp3) is 0.214. The zero-order chi connectivity index (χ0) is 13.0. The predicted molar refractivity (Wildman–Crippen MR) is 76.9 cm³/mol. The molecule has 1 amide bonds. The van der Waals surface area contributed by atoms with E-state index in [0.29, 0.717) is 18.7 Å². The first-order valence-corrected chi connectivity index (χ1v) is 6.77. The number of nitrogen functional groups attached to an aromatic ring is 1. The molecule has 4 heteroatoms. The van der Waals surface area contributed by atoms with Crippen LogP contribution >= 0.6 is 11.3 Å². The number of carbonyl (C=O) groups is 1. The molecule has 94 valence electrons. The van der Waals surface area contributed by atoms with E-state index in [9.17, 15) is 4.79 Å². The maximum Gasteiger partial charge on any atom is 0.232 e. The number of hydrogen-bond donors (Lipinski definition) is 1. The van der Waals surface area contributed by atoms with Crippen LogP contribution in [0.5, 0.6) is 0 Å². The van der Waals surface area contributed by atoms with Gasteiger partial charge >= 0.3 is 0 Å². The molecule has 1 heterocycles. The molecule has 0 spiro atoms. The summed E-state index contributed by atoms with van der Waals surface area (Å²) in [6.07, 6.45) is 0.445. The minimum absolute atomic E-state index is 0.102. The van der Waals surface area contributed by atoms with Gasteiger partial charge in [-0.1, -0.05) is 12.1 Å². The van der Waals surface area contributed by atoms with Crippen molar-refractivity contribution in [2.45, 2.75) is 13.3 Å². The lowest BCUT2D eigenvalue weighted by Crippen LogP contribution is -2.31. The number of rotatable bonds is 4. The number of benzene rings is 1. The van der Waals surface area contributed by atoms with Gasteiger partial charge in [-0.3, -0.25) is 4.79 Å². The summed E-state index contributed by atoms with van der Waals surface area (Å²) in [5.41, 5.74) is 7.29. The average molecular weight is 260 g/mol. The first-order chi connectivity index (χ1) is 8.70. The molecular weight excluding hydrogens is 244 g/mol. The molecule has 0 saturated carbocycles. The summed E-state index contributed by atoms with van der Waals surface area (Å²) in [5.74, 6) is 0.102. The van der Waals surface area contributed by atoms with Crippen LogP contribution in [0, 0.1) is 0 Å². The van der Waals surface area contributed by atoms with Crippen molar-refractivity contribution in [3.05, 3.63) is 46.7 Å². The van der Waals surface area contributed by atoms with E-state index in [1.807, 2.05) is 48.7 Å². The van der Waals surface area contributed by atoms with Crippen molar-refractivity contribution < 1.29 is 4.79 Å².